The van der Waals surface area contributed by atoms with E-state index in [0.29, 0.717) is 17.0 Å². The van der Waals surface area contributed by atoms with Gasteiger partial charge in [0.2, 0.25) is 0 Å². The zero-order valence-electron chi connectivity index (χ0n) is 9.57. The molecule has 1 saturated carbocycles. The standard InChI is InChI=1S/C14H11ClO3/c15-11-9-2-6-17-12(9)10(7-14(16)3-4-14)8-1-5-18-13(8)11/h1-2,5-6,16H,3-4,7H2. The zero-order chi connectivity index (χ0) is 12.3. The van der Waals surface area contributed by atoms with Crippen molar-refractivity contribution < 1.29 is 13.9 Å². The first kappa shape index (κ1) is 10.5. The fourth-order valence-corrected chi connectivity index (χ4v) is 2.80. The van der Waals surface area contributed by atoms with Crippen LogP contribution in [-0.2, 0) is 6.42 Å². The molecule has 4 rings (SSSR count). The third-order valence-corrected chi connectivity index (χ3v) is 4.07. The van der Waals surface area contributed by atoms with Gasteiger partial charge in [-0.05, 0) is 25.0 Å². The lowest BCUT2D eigenvalue weighted by Crippen LogP contribution is -2.11. The van der Waals surface area contributed by atoms with Crippen molar-refractivity contribution in [2.45, 2.75) is 24.9 Å². The first-order chi connectivity index (χ1) is 8.68. The molecule has 0 unspecified atom stereocenters. The van der Waals surface area contributed by atoms with Gasteiger partial charge in [-0.2, -0.15) is 0 Å². The van der Waals surface area contributed by atoms with Crippen molar-refractivity contribution in [2.24, 2.45) is 0 Å². The molecule has 92 valence electrons. The van der Waals surface area contributed by atoms with Gasteiger partial charge in [0.1, 0.15) is 5.58 Å². The van der Waals surface area contributed by atoms with Crippen LogP contribution in [0.4, 0.5) is 0 Å². The summed E-state index contributed by atoms with van der Waals surface area (Å²) in [5, 5.41) is 12.5. The molecule has 0 amide bonds. The number of halogens is 1. The minimum atomic E-state index is -0.572. The Morgan fingerprint density at radius 1 is 1.11 bits per heavy atom. The summed E-state index contributed by atoms with van der Waals surface area (Å²) in [5.41, 5.74) is 1.85. The minimum absolute atomic E-state index is 0.572. The van der Waals surface area contributed by atoms with Gasteiger partial charge in [-0.25, -0.2) is 0 Å². The van der Waals surface area contributed by atoms with E-state index in [0.717, 1.165) is 34.8 Å². The SMILES string of the molecule is OC1(Cc2c3ccoc3c(Cl)c3ccoc23)CC1. The Labute approximate surface area is 108 Å². The highest BCUT2D eigenvalue weighted by Crippen LogP contribution is 2.44. The summed E-state index contributed by atoms with van der Waals surface area (Å²) < 4.78 is 11.0. The average molecular weight is 263 g/mol. The van der Waals surface area contributed by atoms with E-state index in [1.807, 2.05) is 12.1 Å². The van der Waals surface area contributed by atoms with E-state index >= 15 is 0 Å². The second kappa shape index (κ2) is 3.31. The van der Waals surface area contributed by atoms with Crippen molar-refractivity contribution in [1.82, 2.24) is 0 Å². The first-order valence-electron chi connectivity index (χ1n) is 5.95. The van der Waals surface area contributed by atoms with Gasteiger partial charge in [0, 0.05) is 22.8 Å². The number of benzene rings is 1. The Morgan fingerprint density at radius 3 is 2.50 bits per heavy atom. The lowest BCUT2D eigenvalue weighted by Gasteiger charge is -2.10. The highest BCUT2D eigenvalue weighted by Gasteiger charge is 2.41. The highest BCUT2D eigenvalue weighted by atomic mass is 35.5. The van der Waals surface area contributed by atoms with E-state index in [-0.39, 0.29) is 0 Å². The molecule has 3 aromatic rings. The third kappa shape index (κ3) is 1.35. The van der Waals surface area contributed by atoms with Gasteiger partial charge in [0.15, 0.2) is 5.58 Å². The molecule has 0 atom stereocenters. The summed E-state index contributed by atoms with van der Waals surface area (Å²) in [7, 11) is 0. The van der Waals surface area contributed by atoms with Gasteiger partial charge in [-0.1, -0.05) is 11.6 Å². The molecule has 0 saturated heterocycles. The maximum atomic E-state index is 10.1. The maximum absolute atomic E-state index is 10.1. The van der Waals surface area contributed by atoms with Crippen molar-refractivity contribution in [3.05, 3.63) is 35.2 Å². The smallest absolute Gasteiger partial charge is 0.153 e. The summed E-state index contributed by atoms with van der Waals surface area (Å²) in [4.78, 5) is 0. The van der Waals surface area contributed by atoms with E-state index < -0.39 is 5.60 Å². The van der Waals surface area contributed by atoms with E-state index in [1.54, 1.807) is 12.5 Å². The van der Waals surface area contributed by atoms with Crippen molar-refractivity contribution in [2.75, 3.05) is 0 Å². The largest absolute Gasteiger partial charge is 0.464 e. The molecule has 2 aromatic heterocycles. The predicted molar refractivity (Wildman–Crippen MR) is 68.9 cm³/mol. The third-order valence-electron chi connectivity index (χ3n) is 3.70. The van der Waals surface area contributed by atoms with Crippen molar-refractivity contribution in [1.29, 1.82) is 0 Å². The maximum Gasteiger partial charge on any atom is 0.153 e. The molecule has 0 bridgehead atoms. The monoisotopic (exact) mass is 262 g/mol. The molecular formula is C14H11ClO3. The lowest BCUT2D eigenvalue weighted by molar-refractivity contribution is 0.151. The molecule has 4 heteroatoms. The van der Waals surface area contributed by atoms with Gasteiger partial charge in [0.25, 0.3) is 0 Å². The molecule has 18 heavy (non-hydrogen) atoms. The summed E-state index contributed by atoms with van der Waals surface area (Å²) in [6.07, 6.45) is 5.52. The molecule has 1 aromatic carbocycles. The van der Waals surface area contributed by atoms with E-state index in [2.05, 4.69) is 0 Å². The second-order valence-corrected chi connectivity index (χ2v) is 5.40. The number of aliphatic hydroxyl groups is 1. The van der Waals surface area contributed by atoms with Crippen LogP contribution in [0.2, 0.25) is 5.02 Å². The summed E-state index contributed by atoms with van der Waals surface area (Å²) in [6.45, 7) is 0. The molecule has 1 aliphatic carbocycles. The van der Waals surface area contributed by atoms with Crippen molar-refractivity contribution in [3.63, 3.8) is 0 Å². The molecule has 2 heterocycles. The van der Waals surface area contributed by atoms with Crippen LogP contribution in [0.25, 0.3) is 21.9 Å². The highest BCUT2D eigenvalue weighted by molar-refractivity contribution is 6.40. The van der Waals surface area contributed by atoms with E-state index in [1.165, 1.54) is 0 Å². The topological polar surface area (TPSA) is 46.5 Å². The summed E-state index contributed by atoms with van der Waals surface area (Å²) in [6, 6.07) is 3.71. The Hall–Kier alpha value is -1.45. The molecule has 0 radical (unpaired) electrons. The van der Waals surface area contributed by atoms with Crippen LogP contribution in [0.15, 0.2) is 33.5 Å². The van der Waals surface area contributed by atoms with Crippen LogP contribution < -0.4 is 0 Å². The average Bonchev–Trinajstić information content (AvgIpc) is 2.87. The van der Waals surface area contributed by atoms with E-state index in [4.69, 9.17) is 20.4 Å². The Kier molecular flexibility index (Phi) is 1.92. The molecule has 1 N–H and O–H groups in total. The number of furan rings is 2. The lowest BCUT2D eigenvalue weighted by atomic mass is 10.0. The molecule has 0 aliphatic heterocycles. The predicted octanol–water partition coefficient (Wildman–Crippen LogP) is 3.90. The fraction of sp³-hybridized carbons (Fsp3) is 0.286. The van der Waals surface area contributed by atoms with Crippen molar-refractivity contribution >= 4 is 33.5 Å². The zero-order valence-corrected chi connectivity index (χ0v) is 10.3. The second-order valence-electron chi connectivity index (χ2n) is 5.02. The fourth-order valence-electron chi connectivity index (χ4n) is 2.50. The van der Waals surface area contributed by atoms with Crippen LogP contribution >= 0.6 is 11.6 Å². The van der Waals surface area contributed by atoms with Crippen LogP contribution in [0.1, 0.15) is 18.4 Å². The van der Waals surface area contributed by atoms with Crippen LogP contribution in [0.5, 0.6) is 0 Å². The van der Waals surface area contributed by atoms with Gasteiger partial charge in [0.05, 0.1) is 23.2 Å². The molecular weight excluding hydrogens is 252 g/mol. The number of fused-ring (bicyclic) bond motifs is 2. The molecule has 3 nitrogen and oxygen atoms in total. The van der Waals surface area contributed by atoms with Crippen molar-refractivity contribution in [3.8, 4) is 0 Å². The van der Waals surface area contributed by atoms with E-state index in [9.17, 15) is 5.11 Å². The normalized spacial score (nSPS) is 17.7. The Morgan fingerprint density at radius 2 is 1.78 bits per heavy atom. The molecule has 0 spiro atoms. The number of hydrogen-bond donors (Lipinski definition) is 1. The van der Waals surface area contributed by atoms with Crippen LogP contribution in [-0.4, -0.2) is 10.7 Å². The number of rotatable bonds is 2. The van der Waals surface area contributed by atoms with Crippen LogP contribution in [0, 0.1) is 0 Å². The minimum Gasteiger partial charge on any atom is -0.464 e. The number of hydrogen-bond acceptors (Lipinski definition) is 3. The Bertz CT molecular complexity index is 697. The van der Waals surface area contributed by atoms with Crippen LogP contribution in [0.3, 0.4) is 0 Å². The summed E-state index contributed by atoms with van der Waals surface area (Å²) >= 11 is 6.30. The van der Waals surface area contributed by atoms with Gasteiger partial charge in [-0.15, -0.1) is 0 Å². The Balaban J connectivity index is 2.08. The van der Waals surface area contributed by atoms with Gasteiger partial charge < -0.3 is 13.9 Å². The van der Waals surface area contributed by atoms with Gasteiger partial charge in [-0.3, -0.25) is 0 Å². The quantitative estimate of drug-likeness (QED) is 0.762. The molecule has 1 aliphatic rings. The first-order valence-corrected chi connectivity index (χ1v) is 6.33. The summed E-state index contributed by atoms with van der Waals surface area (Å²) in [5.74, 6) is 0. The van der Waals surface area contributed by atoms with Gasteiger partial charge >= 0.3 is 0 Å². The molecule has 1 fully saturated rings.